The number of likely N-dealkylation sites (tertiary alicyclic amines) is 1. The van der Waals surface area contributed by atoms with Crippen LogP contribution in [0.25, 0.3) is 0 Å². The first kappa shape index (κ1) is 25.2. The molecule has 2 N–H and O–H groups in total. The number of amides is 3. The zero-order chi connectivity index (χ0) is 24.6. The minimum atomic E-state index is -0.385. The molecule has 2 fully saturated rings. The van der Waals surface area contributed by atoms with Crippen molar-refractivity contribution >= 4 is 34.7 Å². The number of hydrogen-bond acceptors (Lipinski definition) is 8. The molecule has 0 spiro atoms. The predicted octanol–water partition coefficient (Wildman–Crippen LogP) is 1.79. The Bertz CT molecular complexity index is 1010. The van der Waals surface area contributed by atoms with E-state index in [1.165, 1.54) is 0 Å². The molecule has 1 aromatic carbocycles. The Morgan fingerprint density at radius 1 is 1.03 bits per heavy atom. The first-order chi connectivity index (χ1) is 17.0. The lowest BCUT2D eigenvalue weighted by Gasteiger charge is -2.31. The van der Waals surface area contributed by atoms with E-state index in [0.717, 1.165) is 62.6 Å². The Hall–Kier alpha value is -2.89. The molecule has 0 bridgehead atoms. The normalized spacial score (nSPS) is 17.2. The molecule has 2 aliphatic heterocycles. The van der Waals surface area contributed by atoms with Gasteiger partial charge >= 0.3 is 0 Å². The van der Waals surface area contributed by atoms with Crippen LogP contribution in [0.1, 0.15) is 44.4 Å². The highest BCUT2D eigenvalue weighted by molar-refractivity contribution is 7.15. The fraction of sp³-hybridized carbons (Fsp3) is 0.542. The van der Waals surface area contributed by atoms with E-state index in [1.54, 1.807) is 4.90 Å². The van der Waals surface area contributed by atoms with E-state index in [4.69, 9.17) is 4.74 Å². The Labute approximate surface area is 209 Å². The second kappa shape index (κ2) is 12.2. The van der Waals surface area contributed by atoms with Crippen LogP contribution >= 0.6 is 11.3 Å². The number of piperidine rings is 1. The molecule has 1 aromatic heterocycles. The van der Waals surface area contributed by atoms with Crippen LogP contribution < -0.4 is 10.6 Å². The van der Waals surface area contributed by atoms with Crippen molar-refractivity contribution in [2.24, 2.45) is 5.92 Å². The summed E-state index contributed by atoms with van der Waals surface area (Å²) in [5, 5.41) is 14.0. The highest BCUT2D eigenvalue weighted by Gasteiger charge is 2.28. The Morgan fingerprint density at radius 2 is 1.71 bits per heavy atom. The second-order valence-electron chi connectivity index (χ2n) is 8.98. The van der Waals surface area contributed by atoms with Gasteiger partial charge in [-0.1, -0.05) is 29.0 Å². The lowest BCUT2D eigenvalue weighted by molar-refractivity contribution is -0.122. The molecule has 0 aliphatic carbocycles. The van der Waals surface area contributed by atoms with Crippen LogP contribution in [-0.4, -0.2) is 90.2 Å². The Kier molecular flexibility index (Phi) is 8.78. The molecule has 0 unspecified atom stereocenters. The van der Waals surface area contributed by atoms with Crippen LogP contribution in [0.4, 0.5) is 5.69 Å². The summed E-state index contributed by atoms with van der Waals surface area (Å²) in [7, 11) is 0. The summed E-state index contributed by atoms with van der Waals surface area (Å²) in [6, 6.07) is 7.44. The molecule has 2 aliphatic rings. The number of nitrogens with zero attached hydrogens (tertiary/aromatic N) is 4. The van der Waals surface area contributed by atoms with Gasteiger partial charge in [0.05, 0.1) is 13.2 Å². The number of benzene rings is 1. The predicted molar refractivity (Wildman–Crippen MR) is 133 cm³/mol. The molecule has 188 valence electrons. The summed E-state index contributed by atoms with van der Waals surface area (Å²) < 4.78 is 5.34. The van der Waals surface area contributed by atoms with Crippen LogP contribution in [0.15, 0.2) is 24.3 Å². The van der Waals surface area contributed by atoms with Gasteiger partial charge < -0.3 is 20.3 Å². The molecule has 0 radical (unpaired) electrons. The molecular formula is C24H32N6O4S. The van der Waals surface area contributed by atoms with Gasteiger partial charge in [0.15, 0.2) is 0 Å². The highest BCUT2D eigenvalue weighted by atomic mass is 32.1. The molecule has 0 atom stereocenters. The number of ether oxygens (including phenoxy) is 1. The van der Waals surface area contributed by atoms with Gasteiger partial charge in [0, 0.05) is 51.4 Å². The van der Waals surface area contributed by atoms with E-state index >= 15 is 0 Å². The number of aromatic nitrogens is 2. The van der Waals surface area contributed by atoms with Crippen LogP contribution in [0, 0.1) is 12.8 Å². The zero-order valence-electron chi connectivity index (χ0n) is 20.0. The molecule has 35 heavy (non-hydrogen) atoms. The number of rotatable bonds is 8. The quantitative estimate of drug-likeness (QED) is 0.568. The van der Waals surface area contributed by atoms with E-state index in [1.807, 2.05) is 31.2 Å². The number of nitrogens with one attached hydrogen (secondary N) is 2. The summed E-state index contributed by atoms with van der Waals surface area (Å²) >= 11 is 0.996. The number of anilines is 1. The van der Waals surface area contributed by atoms with Crippen LogP contribution in [0.3, 0.4) is 0 Å². The standard InChI is InChI=1S/C24H32N6O4S/c1-17-2-4-19(5-3-17)26-21(32)22-27-28-23(35-22)24(33)30-9-6-18(7-10-30)16-20(31)25-8-11-29-12-14-34-15-13-29/h2-5,18H,6-16H2,1H3,(H,25,31)(H,26,32). The van der Waals surface area contributed by atoms with Crippen LogP contribution in [0.5, 0.6) is 0 Å². The van der Waals surface area contributed by atoms with Gasteiger partial charge in [-0.25, -0.2) is 0 Å². The van der Waals surface area contributed by atoms with Crippen molar-refractivity contribution in [1.29, 1.82) is 0 Å². The molecule has 2 saturated heterocycles. The lowest BCUT2D eigenvalue weighted by Crippen LogP contribution is -2.42. The topological polar surface area (TPSA) is 117 Å². The minimum Gasteiger partial charge on any atom is -0.379 e. The van der Waals surface area contributed by atoms with Crippen molar-refractivity contribution in [1.82, 2.24) is 25.3 Å². The lowest BCUT2D eigenvalue weighted by atomic mass is 9.93. The molecule has 3 heterocycles. The van der Waals surface area contributed by atoms with Crippen molar-refractivity contribution in [2.75, 3.05) is 57.8 Å². The Morgan fingerprint density at radius 3 is 2.43 bits per heavy atom. The summed E-state index contributed by atoms with van der Waals surface area (Å²) in [6.45, 7) is 7.92. The van der Waals surface area contributed by atoms with E-state index in [9.17, 15) is 14.4 Å². The van der Waals surface area contributed by atoms with Crippen molar-refractivity contribution in [3.63, 3.8) is 0 Å². The molecule has 2 aromatic rings. The first-order valence-corrected chi connectivity index (χ1v) is 12.9. The summed E-state index contributed by atoms with van der Waals surface area (Å²) in [6.07, 6.45) is 2.01. The third kappa shape index (κ3) is 7.30. The van der Waals surface area contributed by atoms with Crippen LogP contribution in [-0.2, 0) is 9.53 Å². The SMILES string of the molecule is Cc1ccc(NC(=O)c2nnc(C(=O)N3CCC(CC(=O)NCCN4CCOCC4)CC3)s2)cc1. The largest absolute Gasteiger partial charge is 0.379 e. The fourth-order valence-electron chi connectivity index (χ4n) is 4.21. The van der Waals surface area contributed by atoms with Gasteiger partial charge in [0.1, 0.15) is 0 Å². The van der Waals surface area contributed by atoms with E-state index in [-0.39, 0.29) is 33.7 Å². The smallest absolute Gasteiger partial charge is 0.286 e. The van der Waals surface area contributed by atoms with Gasteiger partial charge in [0.2, 0.25) is 15.9 Å². The van der Waals surface area contributed by atoms with Crippen molar-refractivity contribution in [3.05, 3.63) is 39.8 Å². The number of aryl methyl sites for hydroxylation is 1. The minimum absolute atomic E-state index is 0.0661. The maximum Gasteiger partial charge on any atom is 0.286 e. The third-order valence-electron chi connectivity index (χ3n) is 6.34. The van der Waals surface area contributed by atoms with Gasteiger partial charge in [-0.15, -0.1) is 10.2 Å². The summed E-state index contributed by atoms with van der Waals surface area (Å²) in [5.74, 6) is -0.280. The average molecular weight is 501 g/mol. The summed E-state index contributed by atoms with van der Waals surface area (Å²) in [5.41, 5.74) is 1.76. The Balaban J connectivity index is 1.18. The van der Waals surface area contributed by atoms with E-state index in [2.05, 4.69) is 25.7 Å². The number of morpholine rings is 1. The molecule has 11 heteroatoms. The molecule has 0 saturated carbocycles. The monoisotopic (exact) mass is 500 g/mol. The van der Waals surface area contributed by atoms with Crippen molar-refractivity contribution in [2.45, 2.75) is 26.2 Å². The molecular weight excluding hydrogens is 468 g/mol. The van der Waals surface area contributed by atoms with Crippen LogP contribution in [0.2, 0.25) is 0 Å². The number of carbonyl (C=O) groups is 3. The molecule has 4 rings (SSSR count). The molecule has 3 amide bonds. The van der Waals surface area contributed by atoms with Crippen molar-refractivity contribution in [3.8, 4) is 0 Å². The number of carbonyl (C=O) groups excluding carboxylic acids is 3. The van der Waals surface area contributed by atoms with Gasteiger partial charge in [-0.05, 0) is 37.8 Å². The number of hydrogen-bond donors (Lipinski definition) is 2. The second-order valence-corrected chi connectivity index (χ2v) is 9.95. The summed E-state index contributed by atoms with van der Waals surface area (Å²) in [4.78, 5) is 41.6. The maximum atomic E-state index is 12.9. The van der Waals surface area contributed by atoms with E-state index < -0.39 is 0 Å². The van der Waals surface area contributed by atoms with Gasteiger partial charge in [-0.2, -0.15) is 0 Å². The van der Waals surface area contributed by atoms with Gasteiger partial charge in [-0.3, -0.25) is 19.3 Å². The van der Waals surface area contributed by atoms with Gasteiger partial charge in [0.25, 0.3) is 11.8 Å². The first-order valence-electron chi connectivity index (χ1n) is 12.1. The maximum absolute atomic E-state index is 12.9. The highest BCUT2D eigenvalue weighted by Crippen LogP contribution is 2.23. The zero-order valence-corrected chi connectivity index (χ0v) is 20.8. The average Bonchev–Trinajstić information content (AvgIpc) is 3.37. The molecule has 10 nitrogen and oxygen atoms in total. The van der Waals surface area contributed by atoms with E-state index in [0.29, 0.717) is 31.7 Å². The third-order valence-corrected chi connectivity index (χ3v) is 7.25. The van der Waals surface area contributed by atoms with Crippen molar-refractivity contribution < 1.29 is 19.1 Å². The fourth-order valence-corrected chi connectivity index (χ4v) is 4.92.